The number of nitrogens with one attached hydrogen (secondary N) is 2. The number of thiophene rings is 1. The molecule has 0 saturated heterocycles. The fraction of sp³-hybridized carbons (Fsp3) is 0.286. The lowest BCUT2D eigenvalue weighted by atomic mass is 10.2. The Morgan fingerprint density at radius 2 is 2.05 bits per heavy atom. The molecule has 1 aromatic carbocycles. The summed E-state index contributed by atoms with van der Waals surface area (Å²) in [6.45, 7) is 2.41. The Labute approximate surface area is 129 Å². The molecule has 0 saturated carbocycles. The van der Waals surface area contributed by atoms with Gasteiger partial charge in [-0.15, -0.1) is 11.3 Å². The summed E-state index contributed by atoms with van der Waals surface area (Å²) >= 11 is 1.41. The highest BCUT2D eigenvalue weighted by molar-refractivity contribution is 7.93. The van der Waals surface area contributed by atoms with Crippen LogP contribution in [0.4, 0.5) is 5.69 Å². The number of anilines is 1. The number of hydrogen-bond donors (Lipinski definition) is 2. The lowest BCUT2D eigenvalue weighted by molar-refractivity contribution is 0.417. The molecule has 2 aromatic rings. The molecule has 2 N–H and O–H groups in total. The maximum absolute atomic E-state index is 12.6. The van der Waals surface area contributed by atoms with Gasteiger partial charge in [-0.3, -0.25) is 4.72 Å². The Morgan fingerprint density at radius 1 is 1.29 bits per heavy atom. The van der Waals surface area contributed by atoms with E-state index in [2.05, 4.69) is 10.0 Å². The van der Waals surface area contributed by atoms with Crippen LogP contribution in [0.25, 0.3) is 0 Å². The van der Waals surface area contributed by atoms with Crippen LogP contribution in [0, 0.1) is 6.92 Å². The average molecular weight is 326 g/mol. The van der Waals surface area contributed by atoms with E-state index in [0.29, 0.717) is 22.9 Å². The van der Waals surface area contributed by atoms with Crippen LogP contribution in [0.5, 0.6) is 5.75 Å². The molecule has 1 heterocycles. The van der Waals surface area contributed by atoms with Gasteiger partial charge in [-0.1, -0.05) is 6.07 Å². The second kappa shape index (κ2) is 6.46. The standard InChI is InChI=1S/C14H18N2O3S2/c1-10-4-5-12(19-3)11(8-10)16-21(17,18)14-6-7-20-13(14)9-15-2/h4-8,15-16H,9H2,1-3H3. The monoisotopic (exact) mass is 326 g/mol. The van der Waals surface area contributed by atoms with Gasteiger partial charge >= 0.3 is 0 Å². The third kappa shape index (κ3) is 3.55. The predicted molar refractivity (Wildman–Crippen MR) is 85.6 cm³/mol. The normalized spacial score (nSPS) is 11.4. The van der Waals surface area contributed by atoms with E-state index in [4.69, 9.17) is 4.74 Å². The topological polar surface area (TPSA) is 67.4 Å². The summed E-state index contributed by atoms with van der Waals surface area (Å²) in [7, 11) is -0.334. The second-order valence-electron chi connectivity index (χ2n) is 4.55. The zero-order valence-electron chi connectivity index (χ0n) is 12.1. The number of ether oxygens (including phenoxy) is 1. The van der Waals surface area contributed by atoms with Gasteiger partial charge in [-0.25, -0.2) is 8.42 Å². The summed E-state index contributed by atoms with van der Waals surface area (Å²) in [5, 5.41) is 4.74. The SMILES string of the molecule is CNCc1sccc1S(=O)(=O)Nc1cc(C)ccc1OC. The molecule has 0 aliphatic rings. The van der Waals surface area contributed by atoms with Crippen molar-refractivity contribution in [3.05, 3.63) is 40.1 Å². The summed E-state index contributed by atoms with van der Waals surface area (Å²) in [4.78, 5) is 1.07. The van der Waals surface area contributed by atoms with Crippen LogP contribution in [0.1, 0.15) is 10.4 Å². The Kier molecular flexibility index (Phi) is 4.87. The molecular weight excluding hydrogens is 308 g/mol. The van der Waals surface area contributed by atoms with E-state index in [-0.39, 0.29) is 0 Å². The quantitative estimate of drug-likeness (QED) is 0.856. The molecule has 0 atom stereocenters. The summed E-state index contributed by atoms with van der Waals surface area (Å²) in [6, 6.07) is 6.98. The van der Waals surface area contributed by atoms with Crippen molar-refractivity contribution in [2.24, 2.45) is 0 Å². The maximum Gasteiger partial charge on any atom is 0.263 e. The fourth-order valence-electron chi connectivity index (χ4n) is 1.96. The van der Waals surface area contributed by atoms with Gasteiger partial charge in [0, 0.05) is 11.4 Å². The lowest BCUT2D eigenvalue weighted by Crippen LogP contribution is -2.16. The number of aryl methyl sites for hydroxylation is 1. The van der Waals surface area contributed by atoms with Crippen LogP contribution < -0.4 is 14.8 Å². The van der Waals surface area contributed by atoms with E-state index in [1.165, 1.54) is 18.4 Å². The van der Waals surface area contributed by atoms with Gasteiger partial charge in [0.15, 0.2) is 0 Å². The average Bonchev–Trinajstić information content (AvgIpc) is 2.88. The first-order valence-electron chi connectivity index (χ1n) is 6.36. The highest BCUT2D eigenvalue weighted by Crippen LogP contribution is 2.30. The van der Waals surface area contributed by atoms with Gasteiger partial charge in [0.25, 0.3) is 10.0 Å². The Hall–Kier alpha value is -1.57. The van der Waals surface area contributed by atoms with E-state index < -0.39 is 10.0 Å². The zero-order valence-corrected chi connectivity index (χ0v) is 13.8. The molecule has 7 heteroatoms. The molecule has 0 unspecified atom stereocenters. The first kappa shape index (κ1) is 15.8. The van der Waals surface area contributed by atoms with Crippen molar-refractivity contribution in [3.63, 3.8) is 0 Å². The smallest absolute Gasteiger partial charge is 0.263 e. The summed E-state index contributed by atoms with van der Waals surface area (Å²) in [5.74, 6) is 0.495. The number of methoxy groups -OCH3 is 1. The summed E-state index contributed by atoms with van der Waals surface area (Å²) in [5.41, 5.74) is 1.40. The highest BCUT2D eigenvalue weighted by atomic mass is 32.2. The van der Waals surface area contributed by atoms with Crippen LogP contribution in [-0.4, -0.2) is 22.6 Å². The van der Waals surface area contributed by atoms with Crippen molar-refractivity contribution in [2.75, 3.05) is 18.9 Å². The van der Waals surface area contributed by atoms with Crippen molar-refractivity contribution >= 4 is 27.0 Å². The predicted octanol–water partition coefficient (Wildman–Crippen LogP) is 2.59. The summed E-state index contributed by atoms with van der Waals surface area (Å²) in [6.07, 6.45) is 0. The maximum atomic E-state index is 12.6. The van der Waals surface area contributed by atoms with Gasteiger partial charge in [-0.05, 0) is 43.1 Å². The molecular formula is C14H18N2O3S2. The van der Waals surface area contributed by atoms with E-state index in [0.717, 1.165) is 10.4 Å². The van der Waals surface area contributed by atoms with Crippen molar-refractivity contribution in [3.8, 4) is 5.75 Å². The van der Waals surface area contributed by atoms with E-state index in [1.54, 1.807) is 30.6 Å². The van der Waals surface area contributed by atoms with Crippen LogP contribution in [0.15, 0.2) is 34.5 Å². The number of benzene rings is 1. The molecule has 114 valence electrons. The number of hydrogen-bond acceptors (Lipinski definition) is 5. The third-order valence-corrected chi connectivity index (χ3v) is 5.43. The van der Waals surface area contributed by atoms with Crippen molar-refractivity contribution in [1.29, 1.82) is 0 Å². The first-order chi connectivity index (χ1) is 9.97. The largest absolute Gasteiger partial charge is 0.495 e. The van der Waals surface area contributed by atoms with E-state index in [9.17, 15) is 8.42 Å². The van der Waals surface area contributed by atoms with Crippen LogP contribution in [-0.2, 0) is 16.6 Å². The summed E-state index contributed by atoms with van der Waals surface area (Å²) < 4.78 is 32.9. The van der Waals surface area contributed by atoms with Gasteiger partial charge in [0.05, 0.1) is 12.8 Å². The van der Waals surface area contributed by atoms with Crippen molar-refractivity contribution < 1.29 is 13.2 Å². The minimum Gasteiger partial charge on any atom is -0.495 e. The zero-order chi connectivity index (χ0) is 15.5. The van der Waals surface area contributed by atoms with Crippen LogP contribution >= 0.6 is 11.3 Å². The third-order valence-electron chi connectivity index (χ3n) is 2.93. The Bertz CT molecular complexity index is 724. The lowest BCUT2D eigenvalue weighted by Gasteiger charge is -2.13. The molecule has 0 aliphatic heterocycles. The van der Waals surface area contributed by atoms with Crippen LogP contribution in [0.3, 0.4) is 0 Å². The molecule has 5 nitrogen and oxygen atoms in total. The second-order valence-corrected chi connectivity index (χ2v) is 7.20. The molecule has 0 radical (unpaired) electrons. The Morgan fingerprint density at radius 3 is 2.71 bits per heavy atom. The molecule has 0 bridgehead atoms. The number of sulfonamides is 1. The molecule has 0 amide bonds. The molecule has 0 fully saturated rings. The fourth-order valence-corrected chi connectivity index (χ4v) is 4.48. The minimum atomic E-state index is -3.63. The number of rotatable bonds is 6. The molecule has 21 heavy (non-hydrogen) atoms. The van der Waals surface area contributed by atoms with Crippen molar-refractivity contribution in [2.45, 2.75) is 18.4 Å². The van der Waals surface area contributed by atoms with Crippen LogP contribution in [0.2, 0.25) is 0 Å². The van der Waals surface area contributed by atoms with Crippen molar-refractivity contribution in [1.82, 2.24) is 5.32 Å². The Balaban J connectivity index is 2.37. The van der Waals surface area contributed by atoms with Gasteiger partial charge in [0.2, 0.25) is 0 Å². The van der Waals surface area contributed by atoms with E-state index >= 15 is 0 Å². The van der Waals surface area contributed by atoms with Gasteiger partial charge in [-0.2, -0.15) is 0 Å². The van der Waals surface area contributed by atoms with E-state index in [1.807, 2.05) is 13.0 Å². The van der Waals surface area contributed by atoms with Gasteiger partial charge in [0.1, 0.15) is 10.6 Å². The highest BCUT2D eigenvalue weighted by Gasteiger charge is 2.21. The molecule has 1 aromatic heterocycles. The minimum absolute atomic E-state index is 0.297. The molecule has 0 aliphatic carbocycles. The molecule has 2 rings (SSSR count). The molecule has 0 spiro atoms. The first-order valence-corrected chi connectivity index (χ1v) is 8.72. The van der Waals surface area contributed by atoms with Gasteiger partial charge < -0.3 is 10.1 Å².